The maximum absolute atomic E-state index is 13.2. The van der Waals surface area contributed by atoms with Crippen molar-refractivity contribution in [2.45, 2.75) is 12.5 Å². The third kappa shape index (κ3) is 3.03. The maximum Gasteiger partial charge on any atom is 0.147 e. The highest BCUT2D eigenvalue weighted by Gasteiger charge is 2.31. The van der Waals surface area contributed by atoms with Crippen LogP contribution in [-0.2, 0) is 4.79 Å². The van der Waals surface area contributed by atoms with E-state index in [-0.39, 0.29) is 5.82 Å². The highest BCUT2D eigenvalue weighted by Crippen LogP contribution is 2.40. The number of halogens is 3. The second kappa shape index (κ2) is 6.81. The molecule has 1 aromatic carbocycles. The van der Waals surface area contributed by atoms with Crippen LogP contribution in [0.25, 0.3) is 6.08 Å². The lowest BCUT2D eigenvalue weighted by molar-refractivity contribution is -0.109. The van der Waals surface area contributed by atoms with Gasteiger partial charge in [0.1, 0.15) is 23.3 Å². The standard InChI is InChI=1S/C17H13BrClFN2O/c18-7-5-14-9-11-6-8-21-17(19)16(11)15(10-23)22(14)13-3-1-12(20)2-4-13/h1-4,6,8-10,15H,5,7H2. The summed E-state index contributed by atoms with van der Waals surface area (Å²) in [5, 5.41) is 1.05. The number of benzene rings is 1. The Morgan fingerprint density at radius 2 is 2.04 bits per heavy atom. The topological polar surface area (TPSA) is 33.2 Å². The molecule has 0 saturated carbocycles. The maximum atomic E-state index is 13.2. The van der Waals surface area contributed by atoms with Crippen LogP contribution in [0.5, 0.6) is 0 Å². The van der Waals surface area contributed by atoms with Gasteiger partial charge >= 0.3 is 0 Å². The molecule has 0 bridgehead atoms. The first-order valence-electron chi connectivity index (χ1n) is 7.06. The van der Waals surface area contributed by atoms with Crippen molar-refractivity contribution >= 4 is 45.6 Å². The number of carbonyl (C=O) groups is 1. The summed E-state index contributed by atoms with van der Waals surface area (Å²) >= 11 is 9.66. The Labute approximate surface area is 146 Å². The smallest absolute Gasteiger partial charge is 0.147 e. The summed E-state index contributed by atoms with van der Waals surface area (Å²) in [4.78, 5) is 17.8. The van der Waals surface area contributed by atoms with Gasteiger partial charge in [0, 0.05) is 28.5 Å². The molecule has 0 N–H and O–H groups in total. The molecule has 1 aliphatic heterocycles. The predicted molar refractivity (Wildman–Crippen MR) is 93.3 cm³/mol. The summed E-state index contributed by atoms with van der Waals surface area (Å²) in [5.74, 6) is -0.320. The van der Waals surface area contributed by atoms with Crippen LogP contribution in [0.3, 0.4) is 0 Å². The highest BCUT2D eigenvalue weighted by atomic mass is 79.9. The summed E-state index contributed by atoms with van der Waals surface area (Å²) in [6.07, 6.45) is 5.18. The van der Waals surface area contributed by atoms with Crippen LogP contribution >= 0.6 is 27.5 Å². The van der Waals surface area contributed by atoms with Gasteiger partial charge in [0.2, 0.25) is 0 Å². The number of hydrogen-bond acceptors (Lipinski definition) is 3. The molecule has 1 aliphatic rings. The minimum Gasteiger partial charge on any atom is -0.331 e. The van der Waals surface area contributed by atoms with Gasteiger partial charge in [0.05, 0.1) is 0 Å². The van der Waals surface area contributed by atoms with E-state index in [4.69, 9.17) is 11.6 Å². The molecule has 23 heavy (non-hydrogen) atoms. The van der Waals surface area contributed by atoms with Crippen molar-refractivity contribution in [3.05, 3.63) is 64.3 Å². The Morgan fingerprint density at radius 3 is 2.70 bits per heavy atom. The van der Waals surface area contributed by atoms with Crippen LogP contribution in [-0.4, -0.2) is 16.6 Å². The molecule has 3 nitrogen and oxygen atoms in total. The van der Waals surface area contributed by atoms with Gasteiger partial charge in [-0.05, 0) is 48.4 Å². The predicted octanol–water partition coefficient (Wildman–Crippen LogP) is 4.76. The van der Waals surface area contributed by atoms with E-state index in [1.165, 1.54) is 12.1 Å². The van der Waals surface area contributed by atoms with Gasteiger partial charge in [-0.1, -0.05) is 27.5 Å². The van der Waals surface area contributed by atoms with E-state index in [1.54, 1.807) is 18.3 Å². The molecule has 6 heteroatoms. The first-order chi connectivity index (χ1) is 11.2. The second-order valence-electron chi connectivity index (χ2n) is 5.11. The SMILES string of the molecule is O=CC1c2c(ccnc2Cl)C=C(CCBr)N1c1ccc(F)cc1. The van der Waals surface area contributed by atoms with E-state index < -0.39 is 6.04 Å². The van der Waals surface area contributed by atoms with Crippen LogP contribution in [0.4, 0.5) is 10.1 Å². The summed E-state index contributed by atoms with van der Waals surface area (Å²) in [6.45, 7) is 0. The molecule has 118 valence electrons. The summed E-state index contributed by atoms with van der Waals surface area (Å²) < 4.78 is 13.2. The zero-order chi connectivity index (χ0) is 16.4. The number of rotatable bonds is 4. The molecule has 0 saturated heterocycles. The lowest BCUT2D eigenvalue weighted by Crippen LogP contribution is -2.33. The minimum absolute atomic E-state index is 0.306. The van der Waals surface area contributed by atoms with Crippen molar-refractivity contribution in [2.24, 2.45) is 0 Å². The third-order valence-corrected chi connectivity index (χ3v) is 4.46. The summed E-state index contributed by atoms with van der Waals surface area (Å²) in [7, 11) is 0. The highest BCUT2D eigenvalue weighted by molar-refractivity contribution is 9.09. The number of hydrogen-bond donors (Lipinski definition) is 0. The minimum atomic E-state index is -0.587. The molecule has 1 unspecified atom stereocenters. The number of anilines is 1. The van der Waals surface area contributed by atoms with E-state index in [0.717, 1.165) is 35.0 Å². The van der Waals surface area contributed by atoms with Gasteiger partial charge in [-0.2, -0.15) is 0 Å². The Balaban J connectivity index is 2.18. The average molecular weight is 396 g/mol. The Bertz CT molecular complexity index is 764. The van der Waals surface area contributed by atoms with Crippen LogP contribution in [0.2, 0.25) is 5.15 Å². The largest absolute Gasteiger partial charge is 0.331 e. The van der Waals surface area contributed by atoms with Crippen molar-refractivity contribution in [1.29, 1.82) is 0 Å². The molecule has 0 amide bonds. The van der Waals surface area contributed by atoms with E-state index in [1.807, 2.05) is 17.0 Å². The second-order valence-corrected chi connectivity index (χ2v) is 6.26. The molecule has 0 spiro atoms. The zero-order valence-corrected chi connectivity index (χ0v) is 14.4. The normalized spacial score (nSPS) is 16.7. The molecular formula is C17H13BrClFN2O. The fourth-order valence-electron chi connectivity index (χ4n) is 2.78. The third-order valence-electron chi connectivity index (χ3n) is 3.77. The summed E-state index contributed by atoms with van der Waals surface area (Å²) in [5.41, 5.74) is 3.25. The molecular weight excluding hydrogens is 383 g/mol. The Hall–Kier alpha value is -1.72. The lowest BCUT2D eigenvalue weighted by Gasteiger charge is -2.37. The van der Waals surface area contributed by atoms with Gasteiger partial charge in [-0.15, -0.1) is 0 Å². The van der Waals surface area contributed by atoms with Crippen molar-refractivity contribution < 1.29 is 9.18 Å². The number of aromatic nitrogens is 1. The van der Waals surface area contributed by atoms with Crippen molar-refractivity contribution in [1.82, 2.24) is 4.98 Å². The van der Waals surface area contributed by atoms with Crippen LogP contribution in [0, 0.1) is 5.82 Å². The van der Waals surface area contributed by atoms with E-state index >= 15 is 0 Å². The van der Waals surface area contributed by atoms with Crippen molar-refractivity contribution in [2.75, 3.05) is 10.2 Å². The van der Waals surface area contributed by atoms with Crippen LogP contribution < -0.4 is 4.90 Å². The lowest BCUT2D eigenvalue weighted by atomic mass is 9.95. The number of allylic oxidation sites excluding steroid dienone is 1. The van der Waals surface area contributed by atoms with Gasteiger partial charge < -0.3 is 9.69 Å². The number of aldehydes is 1. The molecule has 0 aliphatic carbocycles. The fourth-order valence-corrected chi connectivity index (χ4v) is 3.47. The zero-order valence-electron chi connectivity index (χ0n) is 12.0. The van der Waals surface area contributed by atoms with Gasteiger partial charge in [-0.3, -0.25) is 0 Å². The first-order valence-corrected chi connectivity index (χ1v) is 8.56. The monoisotopic (exact) mass is 394 g/mol. The number of pyridine rings is 1. The average Bonchev–Trinajstić information content (AvgIpc) is 2.55. The van der Waals surface area contributed by atoms with E-state index in [9.17, 15) is 9.18 Å². The van der Waals surface area contributed by atoms with Gasteiger partial charge in [-0.25, -0.2) is 9.37 Å². The molecule has 2 heterocycles. The van der Waals surface area contributed by atoms with Crippen molar-refractivity contribution in [3.63, 3.8) is 0 Å². The van der Waals surface area contributed by atoms with Crippen molar-refractivity contribution in [3.8, 4) is 0 Å². The van der Waals surface area contributed by atoms with Gasteiger partial charge in [0.25, 0.3) is 0 Å². The van der Waals surface area contributed by atoms with Crippen LogP contribution in [0.1, 0.15) is 23.6 Å². The molecule has 0 radical (unpaired) electrons. The Kier molecular flexibility index (Phi) is 4.78. The van der Waals surface area contributed by atoms with Gasteiger partial charge in [0.15, 0.2) is 0 Å². The number of nitrogens with zero attached hydrogens (tertiary/aromatic N) is 2. The molecule has 2 aromatic rings. The summed E-state index contributed by atoms with van der Waals surface area (Å²) in [6, 6.07) is 7.32. The molecule has 1 atom stereocenters. The number of carbonyl (C=O) groups excluding carboxylic acids is 1. The number of fused-ring (bicyclic) bond motifs is 1. The first kappa shape index (κ1) is 16.1. The van der Waals surface area contributed by atoms with E-state index in [0.29, 0.717) is 10.7 Å². The molecule has 1 aromatic heterocycles. The van der Waals surface area contributed by atoms with Crippen LogP contribution in [0.15, 0.2) is 42.2 Å². The number of alkyl halides is 1. The van der Waals surface area contributed by atoms with E-state index in [2.05, 4.69) is 20.9 Å². The quantitative estimate of drug-likeness (QED) is 0.425. The molecule has 0 fully saturated rings. The molecule has 3 rings (SSSR count). The Morgan fingerprint density at radius 1 is 1.30 bits per heavy atom. The fraction of sp³-hybridized carbons (Fsp3) is 0.176.